The lowest BCUT2D eigenvalue weighted by atomic mass is 9.91. The molecule has 2 aliphatic heterocycles. The Morgan fingerprint density at radius 2 is 0.885 bits per heavy atom. The first-order chi connectivity index (χ1) is 24.7. The molecule has 10 nitrogen and oxygen atoms in total. The Morgan fingerprint density at radius 1 is 0.519 bits per heavy atom. The lowest BCUT2D eigenvalue weighted by Gasteiger charge is -2.29. The highest BCUT2D eigenvalue weighted by Gasteiger charge is 2.35. The van der Waals surface area contributed by atoms with Crippen molar-refractivity contribution in [3.05, 3.63) is 94.0 Å². The van der Waals surface area contributed by atoms with Crippen molar-refractivity contribution in [1.29, 1.82) is 0 Å². The fraction of sp³-hybridized carbons (Fsp3) is 0.400. The molecule has 2 aliphatic rings. The Hall–Kier alpha value is -3.78. The molecule has 274 valence electrons. The van der Waals surface area contributed by atoms with Crippen molar-refractivity contribution >= 4 is 66.8 Å². The molecule has 0 saturated carbocycles. The number of rotatable bonds is 17. The van der Waals surface area contributed by atoms with E-state index in [1.807, 2.05) is 60.7 Å². The van der Waals surface area contributed by atoms with Crippen LogP contribution in [0.2, 0.25) is 0 Å². The Labute approximate surface area is 314 Å². The van der Waals surface area contributed by atoms with Crippen LogP contribution in [0.4, 0.5) is 0 Å². The maximum Gasteiger partial charge on any atom is 0.275 e. The van der Waals surface area contributed by atoms with Gasteiger partial charge in [0.25, 0.3) is 23.6 Å². The summed E-state index contributed by atoms with van der Waals surface area (Å²) in [5, 5.41) is 5.77. The number of amides is 4. The van der Waals surface area contributed by atoms with E-state index in [-0.39, 0.29) is 23.6 Å². The van der Waals surface area contributed by atoms with Gasteiger partial charge in [0, 0.05) is 48.2 Å². The van der Waals surface area contributed by atoms with Gasteiger partial charge in [-0.1, -0.05) is 58.0 Å². The molecule has 0 fully saturated rings. The predicted octanol–water partition coefficient (Wildman–Crippen LogP) is 5.55. The number of nitrogens with one attached hydrogen (secondary N) is 2. The minimum atomic E-state index is -0.303. The summed E-state index contributed by atoms with van der Waals surface area (Å²) in [6.45, 7) is 2.95. The van der Waals surface area contributed by atoms with Gasteiger partial charge in [-0.05, 0) is 59.0 Å². The quantitative estimate of drug-likeness (QED) is 0.0630. The first-order valence-electron chi connectivity index (χ1n) is 17.9. The number of nitrogens with zero attached hydrogens (tertiary/aromatic N) is 4. The molecule has 0 bridgehead atoms. The molecule has 6 rings (SSSR count). The molecule has 4 aromatic carbocycles. The SMILES string of the molecule is C[N+](C)(C)CCCNN1C(=O)c2cccc3c(CCSSCCc4ccc5c6c(cccc46)C(=O)N(NCCC[N+](C)(C)C)C5=O)ccc(c23)C1=O. The lowest BCUT2D eigenvalue weighted by Crippen LogP contribution is -2.50. The molecular formula is C40H50N6O4S2+2. The summed E-state index contributed by atoms with van der Waals surface area (Å²) in [4.78, 5) is 53.7. The van der Waals surface area contributed by atoms with Gasteiger partial charge in [0.1, 0.15) is 0 Å². The molecule has 2 N–H and O–H groups in total. The number of quaternary nitrogens is 2. The van der Waals surface area contributed by atoms with Crippen molar-refractivity contribution in [2.24, 2.45) is 0 Å². The normalized spacial score (nSPS) is 14.7. The zero-order valence-corrected chi connectivity index (χ0v) is 32.7. The summed E-state index contributed by atoms with van der Waals surface area (Å²) < 4.78 is 1.64. The molecule has 0 atom stereocenters. The molecule has 4 amide bonds. The van der Waals surface area contributed by atoms with Crippen LogP contribution >= 0.6 is 21.6 Å². The molecule has 52 heavy (non-hydrogen) atoms. The highest BCUT2D eigenvalue weighted by Crippen LogP contribution is 2.35. The van der Waals surface area contributed by atoms with E-state index in [1.165, 1.54) is 10.0 Å². The van der Waals surface area contributed by atoms with Crippen molar-refractivity contribution < 1.29 is 28.1 Å². The van der Waals surface area contributed by atoms with Gasteiger partial charge in [-0.3, -0.25) is 19.2 Å². The Balaban J connectivity index is 1.04. The summed E-state index contributed by atoms with van der Waals surface area (Å²) in [5.41, 5.74) is 10.6. The van der Waals surface area contributed by atoms with E-state index in [9.17, 15) is 19.2 Å². The standard InChI is InChI=1S/C40H50N6O4S2/c1-45(2,3)23-9-21-41-43-37(47)31-13-7-11-29-27(15-17-33(35(29)31)39(43)49)19-25-51-52-26-20-28-16-18-34-36-30(28)12-8-14-32(36)38(48)44(40(34)50)42-22-10-24-46(4,5)6/h7-8,11-18,41-42H,9-10,19-26H2,1-6H3/q+2. The summed E-state index contributed by atoms with van der Waals surface area (Å²) >= 11 is 0. The van der Waals surface area contributed by atoms with Crippen LogP contribution in [0.5, 0.6) is 0 Å². The van der Waals surface area contributed by atoms with Gasteiger partial charge in [-0.25, -0.2) is 20.9 Å². The third kappa shape index (κ3) is 8.22. The maximum atomic E-state index is 13.4. The van der Waals surface area contributed by atoms with Crippen molar-refractivity contribution in [2.75, 3.05) is 80.0 Å². The fourth-order valence-electron chi connectivity index (χ4n) is 6.95. The largest absolute Gasteiger partial charge is 0.331 e. The predicted molar refractivity (Wildman–Crippen MR) is 212 cm³/mol. The summed E-state index contributed by atoms with van der Waals surface area (Å²) in [6, 6.07) is 19.2. The minimum absolute atomic E-state index is 0.303. The first kappa shape index (κ1) is 38.0. The van der Waals surface area contributed by atoms with Crippen molar-refractivity contribution in [3.63, 3.8) is 0 Å². The van der Waals surface area contributed by atoms with Crippen molar-refractivity contribution in [3.8, 4) is 0 Å². The van der Waals surface area contributed by atoms with Gasteiger partial charge in [0.15, 0.2) is 0 Å². The molecule has 0 aromatic heterocycles. The van der Waals surface area contributed by atoms with E-state index in [4.69, 9.17) is 0 Å². The number of carbonyl (C=O) groups excluding carboxylic acids is 4. The van der Waals surface area contributed by atoms with Gasteiger partial charge in [0.05, 0.1) is 77.6 Å². The Bertz CT molecular complexity index is 1850. The smallest absolute Gasteiger partial charge is 0.275 e. The molecule has 0 aliphatic carbocycles. The maximum absolute atomic E-state index is 13.4. The number of imide groups is 2. The van der Waals surface area contributed by atoms with Crippen LogP contribution in [0, 0.1) is 0 Å². The topological polar surface area (TPSA) is 98.8 Å². The second-order valence-corrected chi connectivity index (χ2v) is 18.3. The van der Waals surface area contributed by atoms with E-state index in [1.54, 1.807) is 21.6 Å². The van der Waals surface area contributed by atoms with Gasteiger partial charge < -0.3 is 8.97 Å². The van der Waals surface area contributed by atoms with E-state index >= 15 is 0 Å². The number of benzene rings is 4. The first-order valence-corrected chi connectivity index (χ1v) is 20.4. The third-order valence-corrected chi connectivity index (χ3v) is 11.9. The van der Waals surface area contributed by atoms with Crippen LogP contribution in [0.3, 0.4) is 0 Å². The second-order valence-electron chi connectivity index (χ2n) is 15.6. The Kier molecular flexibility index (Phi) is 11.4. The molecular weight excluding hydrogens is 693 g/mol. The molecule has 0 unspecified atom stereocenters. The van der Waals surface area contributed by atoms with Crippen LogP contribution in [-0.2, 0) is 12.8 Å². The van der Waals surface area contributed by atoms with Gasteiger partial charge >= 0.3 is 0 Å². The van der Waals surface area contributed by atoms with Crippen LogP contribution < -0.4 is 10.9 Å². The Morgan fingerprint density at radius 3 is 1.25 bits per heavy atom. The van der Waals surface area contributed by atoms with Crippen LogP contribution in [-0.4, -0.2) is 123 Å². The van der Waals surface area contributed by atoms with Crippen molar-refractivity contribution in [1.82, 2.24) is 20.9 Å². The fourth-order valence-corrected chi connectivity index (χ4v) is 9.00. The van der Waals surface area contributed by atoms with E-state index in [0.29, 0.717) is 35.3 Å². The van der Waals surface area contributed by atoms with Crippen molar-refractivity contribution in [2.45, 2.75) is 25.7 Å². The summed E-state index contributed by atoms with van der Waals surface area (Å²) in [6.07, 6.45) is 3.29. The molecule has 2 heterocycles. The average Bonchev–Trinajstić information content (AvgIpc) is 3.09. The monoisotopic (exact) mass is 742 g/mol. The van der Waals surface area contributed by atoms with E-state index < -0.39 is 0 Å². The van der Waals surface area contributed by atoms with Gasteiger partial charge in [0.2, 0.25) is 0 Å². The molecule has 12 heteroatoms. The average molecular weight is 743 g/mol. The summed E-state index contributed by atoms with van der Waals surface area (Å²) in [5.74, 6) is 0.530. The number of carbonyl (C=O) groups is 4. The zero-order valence-electron chi connectivity index (χ0n) is 31.1. The van der Waals surface area contributed by atoms with Gasteiger partial charge in [-0.15, -0.1) is 0 Å². The number of hydrogen-bond donors (Lipinski definition) is 2. The number of hydrazine groups is 2. The van der Waals surface area contributed by atoms with E-state index in [2.05, 4.69) is 53.1 Å². The minimum Gasteiger partial charge on any atom is -0.331 e. The highest BCUT2D eigenvalue weighted by molar-refractivity contribution is 8.76. The number of aryl methyl sites for hydroxylation is 2. The molecule has 0 radical (unpaired) electrons. The highest BCUT2D eigenvalue weighted by atomic mass is 33.1. The molecule has 4 aromatic rings. The number of hydrogen-bond acceptors (Lipinski definition) is 8. The third-order valence-electron chi connectivity index (χ3n) is 9.54. The summed E-state index contributed by atoms with van der Waals surface area (Å²) in [7, 11) is 16.3. The van der Waals surface area contributed by atoms with Crippen LogP contribution in [0.1, 0.15) is 65.4 Å². The zero-order chi connectivity index (χ0) is 37.2. The van der Waals surface area contributed by atoms with Gasteiger partial charge in [-0.2, -0.15) is 0 Å². The van der Waals surface area contributed by atoms with E-state index in [0.717, 1.165) is 91.9 Å². The van der Waals surface area contributed by atoms with Crippen LogP contribution in [0.15, 0.2) is 60.7 Å². The lowest BCUT2D eigenvalue weighted by molar-refractivity contribution is -0.870. The molecule has 0 spiro atoms. The second kappa shape index (κ2) is 15.7. The van der Waals surface area contributed by atoms with Crippen LogP contribution in [0.25, 0.3) is 21.5 Å². The molecule has 0 saturated heterocycles.